The smallest absolute Gasteiger partial charge is 0.264 e. The van der Waals surface area contributed by atoms with Crippen molar-refractivity contribution in [1.82, 2.24) is 5.32 Å². The van der Waals surface area contributed by atoms with Crippen LogP contribution in [0, 0.1) is 6.92 Å². The molecule has 168 valence electrons. The summed E-state index contributed by atoms with van der Waals surface area (Å²) in [7, 11) is -4.00. The zero-order valence-corrected chi connectivity index (χ0v) is 19.6. The highest BCUT2D eigenvalue weighted by Crippen LogP contribution is 2.29. The molecule has 0 unspecified atom stereocenters. The number of carbonyl (C=O) groups is 1. The van der Waals surface area contributed by atoms with Crippen molar-refractivity contribution in [3.63, 3.8) is 0 Å². The SMILES string of the molecule is Cc1ccc(Cl)cc1N(CC(=O)NCCOc1ccc(Cl)cc1)S(=O)(=O)c1ccccc1. The molecule has 6 nitrogen and oxygen atoms in total. The van der Waals surface area contributed by atoms with Crippen LogP contribution in [0.1, 0.15) is 5.56 Å². The summed E-state index contributed by atoms with van der Waals surface area (Å²) in [5.74, 6) is 0.148. The number of hydrogen-bond donors (Lipinski definition) is 1. The van der Waals surface area contributed by atoms with Crippen molar-refractivity contribution >= 4 is 44.8 Å². The summed E-state index contributed by atoms with van der Waals surface area (Å²) in [5.41, 5.74) is 1.02. The van der Waals surface area contributed by atoms with Crippen molar-refractivity contribution < 1.29 is 17.9 Å². The highest BCUT2D eigenvalue weighted by Gasteiger charge is 2.28. The van der Waals surface area contributed by atoms with Gasteiger partial charge >= 0.3 is 0 Å². The average molecular weight is 493 g/mol. The fourth-order valence-electron chi connectivity index (χ4n) is 2.95. The van der Waals surface area contributed by atoms with Crippen molar-refractivity contribution in [1.29, 1.82) is 0 Å². The van der Waals surface area contributed by atoms with E-state index in [0.717, 1.165) is 4.31 Å². The van der Waals surface area contributed by atoms with Crippen molar-refractivity contribution in [3.05, 3.63) is 88.4 Å². The van der Waals surface area contributed by atoms with Crippen LogP contribution in [-0.4, -0.2) is 34.0 Å². The van der Waals surface area contributed by atoms with Crippen LogP contribution in [0.25, 0.3) is 0 Å². The number of hydrogen-bond acceptors (Lipinski definition) is 4. The largest absolute Gasteiger partial charge is 0.492 e. The number of nitrogens with one attached hydrogen (secondary N) is 1. The fraction of sp³-hybridized carbons (Fsp3) is 0.174. The van der Waals surface area contributed by atoms with Gasteiger partial charge in [0, 0.05) is 10.0 Å². The minimum Gasteiger partial charge on any atom is -0.492 e. The van der Waals surface area contributed by atoms with E-state index < -0.39 is 22.5 Å². The molecule has 0 saturated heterocycles. The van der Waals surface area contributed by atoms with Gasteiger partial charge in [0.05, 0.1) is 17.1 Å². The van der Waals surface area contributed by atoms with Gasteiger partial charge in [-0.2, -0.15) is 0 Å². The monoisotopic (exact) mass is 492 g/mol. The van der Waals surface area contributed by atoms with Crippen LogP contribution in [0.2, 0.25) is 10.0 Å². The van der Waals surface area contributed by atoms with Crippen LogP contribution < -0.4 is 14.4 Å². The molecule has 32 heavy (non-hydrogen) atoms. The summed E-state index contributed by atoms with van der Waals surface area (Å²) >= 11 is 12.0. The van der Waals surface area contributed by atoms with E-state index in [2.05, 4.69) is 5.32 Å². The molecule has 3 aromatic rings. The molecule has 0 atom stereocenters. The first-order chi connectivity index (χ1) is 15.3. The van der Waals surface area contributed by atoms with Gasteiger partial charge in [-0.15, -0.1) is 0 Å². The highest BCUT2D eigenvalue weighted by atomic mass is 35.5. The molecule has 0 heterocycles. The van der Waals surface area contributed by atoms with Gasteiger partial charge in [-0.1, -0.05) is 47.5 Å². The maximum absolute atomic E-state index is 13.3. The molecule has 0 bridgehead atoms. The van der Waals surface area contributed by atoms with Gasteiger partial charge in [0.1, 0.15) is 18.9 Å². The molecule has 0 saturated carbocycles. The first-order valence-corrected chi connectivity index (χ1v) is 12.0. The Kier molecular flexibility index (Phi) is 8.01. The quantitative estimate of drug-likeness (QED) is 0.439. The highest BCUT2D eigenvalue weighted by molar-refractivity contribution is 7.92. The number of anilines is 1. The van der Waals surface area contributed by atoms with Gasteiger partial charge in [0.15, 0.2) is 0 Å². The number of rotatable bonds is 9. The van der Waals surface area contributed by atoms with Crippen LogP contribution in [0.3, 0.4) is 0 Å². The summed E-state index contributed by atoms with van der Waals surface area (Å²) in [4.78, 5) is 12.7. The van der Waals surface area contributed by atoms with Crippen molar-refractivity contribution in [2.24, 2.45) is 0 Å². The van der Waals surface area contributed by atoms with Gasteiger partial charge in [-0.05, 0) is 61.0 Å². The normalized spacial score (nSPS) is 11.1. The van der Waals surface area contributed by atoms with E-state index in [4.69, 9.17) is 27.9 Å². The number of aryl methyl sites for hydroxylation is 1. The molecule has 0 aliphatic rings. The lowest BCUT2D eigenvalue weighted by molar-refractivity contribution is -0.119. The molecule has 9 heteroatoms. The predicted molar refractivity (Wildman–Crippen MR) is 127 cm³/mol. The average Bonchev–Trinajstić information content (AvgIpc) is 2.78. The first-order valence-electron chi connectivity index (χ1n) is 9.76. The van der Waals surface area contributed by atoms with E-state index in [1.807, 2.05) is 0 Å². The lowest BCUT2D eigenvalue weighted by atomic mass is 10.2. The number of sulfonamides is 1. The van der Waals surface area contributed by atoms with E-state index in [0.29, 0.717) is 27.0 Å². The van der Waals surface area contributed by atoms with E-state index in [1.54, 1.807) is 61.5 Å². The number of halogens is 2. The summed E-state index contributed by atoms with van der Waals surface area (Å²) < 4.78 is 33.3. The summed E-state index contributed by atoms with van der Waals surface area (Å²) in [6.07, 6.45) is 0. The molecule has 0 aliphatic carbocycles. The zero-order chi connectivity index (χ0) is 23.1. The van der Waals surface area contributed by atoms with E-state index in [1.165, 1.54) is 18.2 Å². The third-order valence-electron chi connectivity index (χ3n) is 4.56. The zero-order valence-electron chi connectivity index (χ0n) is 17.3. The molecule has 0 radical (unpaired) electrons. The third-order valence-corrected chi connectivity index (χ3v) is 6.83. The number of ether oxygens (including phenoxy) is 1. The lowest BCUT2D eigenvalue weighted by Gasteiger charge is -2.25. The number of carbonyl (C=O) groups excluding carboxylic acids is 1. The van der Waals surface area contributed by atoms with Crippen LogP contribution in [0.15, 0.2) is 77.7 Å². The molecule has 0 aliphatic heterocycles. The molecule has 1 N–H and O–H groups in total. The second-order valence-corrected chi connectivity index (χ2v) is 9.64. The molecule has 0 aromatic heterocycles. The second-order valence-electron chi connectivity index (χ2n) is 6.91. The van der Waals surface area contributed by atoms with Gasteiger partial charge in [-0.25, -0.2) is 8.42 Å². The summed E-state index contributed by atoms with van der Waals surface area (Å²) in [6, 6.07) is 19.7. The van der Waals surface area contributed by atoms with E-state index in [-0.39, 0.29) is 18.0 Å². The van der Waals surface area contributed by atoms with E-state index >= 15 is 0 Å². The number of amides is 1. The Morgan fingerprint density at radius 1 is 0.969 bits per heavy atom. The van der Waals surface area contributed by atoms with Crippen LogP contribution in [0.4, 0.5) is 5.69 Å². The minimum atomic E-state index is -4.00. The van der Waals surface area contributed by atoms with Gasteiger partial charge in [0.25, 0.3) is 10.0 Å². The maximum Gasteiger partial charge on any atom is 0.264 e. The fourth-order valence-corrected chi connectivity index (χ4v) is 4.74. The second kappa shape index (κ2) is 10.7. The summed E-state index contributed by atoms with van der Waals surface area (Å²) in [5, 5.41) is 3.66. The molecular weight excluding hydrogens is 471 g/mol. The molecule has 0 fully saturated rings. The summed E-state index contributed by atoms with van der Waals surface area (Å²) in [6.45, 7) is 1.78. The minimum absolute atomic E-state index is 0.0817. The number of nitrogens with zero attached hydrogens (tertiary/aromatic N) is 1. The molecule has 0 spiro atoms. The Morgan fingerprint density at radius 3 is 2.31 bits per heavy atom. The Bertz CT molecular complexity index is 1170. The predicted octanol–water partition coefficient (Wildman–Crippen LogP) is 4.69. The molecule has 1 amide bonds. The lowest BCUT2D eigenvalue weighted by Crippen LogP contribution is -2.42. The van der Waals surface area contributed by atoms with Crippen molar-refractivity contribution in [3.8, 4) is 5.75 Å². The first kappa shape index (κ1) is 23.9. The number of benzene rings is 3. The Hall–Kier alpha value is -2.74. The van der Waals surface area contributed by atoms with Crippen LogP contribution >= 0.6 is 23.2 Å². The molecule has 3 aromatic carbocycles. The Morgan fingerprint density at radius 2 is 1.62 bits per heavy atom. The maximum atomic E-state index is 13.3. The van der Waals surface area contributed by atoms with Crippen molar-refractivity contribution in [2.75, 3.05) is 24.0 Å². The third kappa shape index (κ3) is 6.16. The van der Waals surface area contributed by atoms with E-state index in [9.17, 15) is 13.2 Å². The van der Waals surface area contributed by atoms with Gasteiger partial charge in [0.2, 0.25) is 5.91 Å². The Labute approximate surface area is 197 Å². The Balaban J connectivity index is 1.73. The standard InChI is InChI=1S/C23H22Cl2N2O4S/c1-17-7-8-19(25)15-22(17)27(32(29,30)21-5-3-2-4-6-21)16-23(28)26-13-14-31-20-11-9-18(24)10-12-20/h2-12,15H,13-14,16H2,1H3,(H,26,28). The van der Waals surface area contributed by atoms with Crippen LogP contribution in [-0.2, 0) is 14.8 Å². The molecular formula is C23H22Cl2N2O4S. The van der Waals surface area contributed by atoms with Gasteiger partial charge < -0.3 is 10.1 Å². The van der Waals surface area contributed by atoms with Crippen LogP contribution in [0.5, 0.6) is 5.75 Å². The van der Waals surface area contributed by atoms with Gasteiger partial charge in [-0.3, -0.25) is 9.10 Å². The topological polar surface area (TPSA) is 75.7 Å². The van der Waals surface area contributed by atoms with Crippen molar-refractivity contribution in [2.45, 2.75) is 11.8 Å². The molecule has 3 rings (SSSR count).